The van der Waals surface area contributed by atoms with Crippen LogP contribution < -0.4 is 10.5 Å². The van der Waals surface area contributed by atoms with E-state index in [0.717, 1.165) is 12.1 Å². The second kappa shape index (κ2) is 4.50. The highest BCUT2D eigenvalue weighted by atomic mass is 32.2. The van der Waals surface area contributed by atoms with Crippen LogP contribution in [0.15, 0.2) is 27.6 Å². The molecule has 0 saturated carbocycles. The lowest BCUT2D eigenvalue weighted by molar-refractivity contribution is 0.400. The minimum absolute atomic E-state index is 0.111. The molecule has 1 heterocycles. The molecule has 6 nitrogen and oxygen atoms in total. The quantitative estimate of drug-likeness (QED) is 0.837. The van der Waals surface area contributed by atoms with Crippen molar-refractivity contribution in [2.75, 3.05) is 10.5 Å². The second-order valence-electron chi connectivity index (χ2n) is 3.70. The fourth-order valence-electron chi connectivity index (χ4n) is 1.36. The molecular weight excluding hydrogens is 280 g/mol. The van der Waals surface area contributed by atoms with E-state index in [0.29, 0.717) is 5.76 Å². The van der Waals surface area contributed by atoms with E-state index in [9.17, 15) is 17.2 Å². The summed E-state index contributed by atoms with van der Waals surface area (Å²) < 4.78 is 57.0. The van der Waals surface area contributed by atoms with Gasteiger partial charge in [-0.25, -0.2) is 17.2 Å². The number of rotatable bonds is 3. The molecule has 19 heavy (non-hydrogen) atoms. The molecule has 1 aromatic carbocycles. The van der Waals surface area contributed by atoms with Crippen LogP contribution in [0.3, 0.4) is 0 Å². The van der Waals surface area contributed by atoms with Gasteiger partial charge < -0.3 is 10.3 Å². The molecule has 2 rings (SSSR count). The van der Waals surface area contributed by atoms with Crippen LogP contribution in [0, 0.1) is 18.6 Å². The molecule has 3 N–H and O–H groups in total. The van der Waals surface area contributed by atoms with Gasteiger partial charge in [0.2, 0.25) is 0 Å². The highest BCUT2D eigenvalue weighted by molar-refractivity contribution is 7.92. The number of aryl methyl sites for hydroxylation is 1. The Bertz CT molecular complexity index is 728. The Morgan fingerprint density at radius 3 is 2.63 bits per heavy atom. The maximum absolute atomic E-state index is 13.6. The van der Waals surface area contributed by atoms with Crippen LogP contribution in [0.25, 0.3) is 0 Å². The third-order valence-corrected chi connectivity index (χ3v) is 3.62. The molecule has 0 aliphatic rings. The molecule has 0 bridgehead atoms. The average molecular weight is 289 g/mol. The summed E-state index contributed by atoms with van der Waals surface area (Å²) in [6.45, 7) is 1.56. The number of hydrogen-bond acceptors (Lipinski definition) is 5. The van der Waals surface area contributed by atoms with E-state index in [-0.39, 0.29) is 5.82 Å². The third kappa shape index (κ3) is 2.50. The molecule has 0 atom stereocenters. The summed E-state index contributed by atoms with van der Waals surface area (Å²) in [5.74, 6) is -2.13. The molecule has 2 aromatic rings. The van der Waals surface area contributed by atoms with Crippen molar-refractivity contribution < 1.29 is 21.7 Å². The van der Waals surface area contributed by atoms with E-state index in [2.05, 4.69) is 9.68 Å². The zero-order valence-corrected chi connectivity index (χ0v) is 10.5. The van der Waals surface area contributed by atoms with Gasteiger partial charge >= 0.3 is 0 Å². The van der Waals surface area contributed by atoms with E-state index in [1.807, 2.05) is 4.72 Å². The number of hydrogen-bond donors (Lipinski definition) is 2. The zero-order valence-electron chi connectivity index (χ0n) is 9.65. The first kappa shape index (κ1) is 13.3. The summed E-state index contributed by atoms with van der Waals surface area (Å²) in [7, 11) is -4.26. The number of nitrogens with two attached hydrogens (primary N) is 1. The number of nitrogen functional groups attached to an aromatic ring is 1. The maximum atomic E-state index is 13.6. The summed E-state index contributed by atoms with van der Waals surface area (Å²) in [4.78, 5) is -0.771. The minimum Gasteiger partial charge on any atom is -0.394 e. The number of anilines is 2. The predicted octanol–water partition coefficient (Wildman–Crippen LogP) is 1.64. The lowest BCUT2D eigenvalue weighted by Crippen LogP contribution is -2.16. The summed E-state index contributed by atoms with van der Waals surface area (Å²) in [6, 6.07) is 2.85. The van der Waals surface area contributed by atoms with Crippen molar-refractivity contribution in [2.24, 2.45) is 0 Å². The Morgan fingerprint density at radius 1 is 1.37 bits per heavy atom. The Balaban J connectivity index is 2.43. The maximum Gasteiger partial charge on any atom is 0.266 e. The van der Waals surface area contributed by atoms with Gasteiger partial charge in [0.05, 0.1) is 0 Å². The van der Waals surface area contributed by atoms with Crippen molar-refractivity contribution in [1.29, 1.82) is 0 Å². The molecule has 0 amide bonds. The normalized spacial score (nSPS) is 11.5. The van der Waals surface area contributed by atoms with Gasteiger partial charge in [0.15, 0.2) is 11.6 Å². The largest absolute Gasteiger partial charge is 0.394 e. The molecular formula is C10H9F2N3O3S. The van der Waals surface area contributed by atoms with Gasteiger partial charge in [0.1, 0.15) is 22.2 Å². The Hall–Kier alpha value is -2.16. The Kier molecular flexibility index (Phi) is 3.14. The third-order valence-electron chi connectivity index (χ3n) is 2.25. The van der Waals surface area contributed by atoms with Gasteiger partial charge in [0, 0.05) is 6.07 Å². The van der Waals surface area contributed by atoms with Crippen LogP contribution in [0.4, 0.5) is 20.3 Å². The van der Waals surface area contributed by atoms with E-state index in [1.54, 1.807) is 6.92 Å². The highest BCUT2D eigenvalue weighted by Gasteiger charge is 2.23. The van der Waals surface area contributed by atoms with Crippen LogP contribution in [-0.2, 0) is 10.0 Å². The number of nitrogens with zero attached hydrogens (tertiary/aromatic N) is 1. The van der Waals surface area contributed by atoms with Gasteiger partial charge in [-0.15, -0.1) is 0 Å². The number of nitrogens with one attached hydrogen (secondary N) is 1. The van der Waals surface area contributed by atoms with Crippen LogP contribution >= 0.6 is 0 Å². The number of halogens is 2. The molecule has 0 aliphatic carbocycles. The molecule has 102 valence electrons. The second-order valence-corrected chi connectivity index (χ2v) is 5.35. The molecule has 0 fully saturated rings. The Labute approximate surface area is 107 Å². The van der Waals surface area contributed by atoms with Crippen molar-refractivity contribution in [1.82, 2.24) is 5.16 Å². The smallest absolute Gasteiger partial charge is 0.266 e. The fourth-order valence-corrected chi connectivity index (χ4v) is 2.44. The standard InChI is InChI=1S/C10H9F2N3O3S/c1-5-4-8(14-18-5)15-19(16,17)7-3-2-6(11)10(13)9(7)12/h2-4H,13H2,1H3,(H,14,15). The molecule has 1 aromatic heterocycles. The molecule has 0 radical (unpaired) electrons. The van der Waals surface area contributed by atoms with Crippen LogP contribution in [0.2, 0.25) is 0 Å². The average Bonchev–Trinajstić information content (AvgIpc) is 2.70. The van der Waals surface area contributed by atoms with Gasteiger partial charge in [-0.2, -0.15) is 0 Å². The number of benzene rings is 1. The van der Waals surface area contributed by atoms with E-state index >= 15 is 0 Å². The predicted molar refractivity (Wildman–Crippen MR) is 62.8 cm³/mol. The molecule has 0 unspecified atom stereocenters. The van der Waals surface area contributed by atoms with Gasteiger partial charge in [-0.3, -0.25) is 4.72 Å². The lowest BCUT2D eigenvalue weighted by atomic mass is 10.3. The molecule has 0 aliphatic heterocycles. The van der Waals surface area contributed by atoms with Gasteiger partial charge in [-0.1, -0.05) is 5.16 Å². The van der Waals surface area contributed by atoms with Crippen LogP contribution in [0.1, 0.15) is 5.76 Å². The topological polar surface area (TPSA) is 98.2 Å². The summed E-state index contributed by atoms with van der Waals surface area (Å²) in [5.41, 5.74) is 4.24. The first-order valence-corrected chi connectivity index (χ1v) is 6.49. The van der Waals surface area contributed by atoms with E-state index < -0.39 is 32.2 Å². The fraction of sp³-hybridized carbons (Fsp3) is 0.100. The van der Waals surface area contributed by atoms with E-state index in [4.69, 9.17) is 5.73 Å². The van der Waals surface area contributed by atoms with Crippen LogP contribution in [0.5, 0.6) is 0 Å². The van der Waals surface area contributed by atoms with E-state index in [1.165, 1.54) is 6.07 Å². The zero-order chi connectivity index (χ0) is 14.2. The highest BCUT2D eigenvalue weighted by Crippen LogP contribution is 2.24. The van der Waals surface area contributed by atoms with Crippen LogP contribution in [-0.4, -0.2) is 13.6 Å². The Morgan fingerprint density at radius 2 is 2.05 bits per heavy atom. The molecule has 0 saturated heterocycles. The molecule has 0 spiro atoms. The first-order valence-electron chi connectivity index (χ1n) is 5.01. The molecule has 9 heteroatoms. The monoisotopic (exact) mass is 289 g/mol. The van der Waals surface area contributed by atoms with Crippen molar-refractivity contribution in [3.8, 4) is 0 Å². The summed E-state index contributed by atoms with van der Waals surface area (Å²) >= 11 is 0. The number of sulfonamides is 1. The first-order chi connectivity index (χ1) is 8.81. The SMILES string of the molecule is Cc1cc(NS(=O)(=O)c2ccc(F)c(N)c2F)no1. The van der Waals surface area contributed by atoms with Crippen molar-refractivity contribution >= 4 is 21.5 Å². The van der Waals surface area contributed by atoms with Crippen molar-refractivity contribution in [3.05, 3.63) is 35.6 Å². The number of aromatic nitrogens is 1. The van der Waals surface area contributed by atoms with Crippen molar-refractivity contribution in [2.45, 2.75) is 11.8 Å². The van der Waals surface area contributed by atoms with Gasteiger partial charge in [0.25, 0.3) is 10.0 Å². The summed E-state index contributed by atoms with van der Waals surface area (Å²) in [5, 5.41) is 3.40. The van der Waals surface area contributed by atoms with Crippen molar-refractivity contribution in [3.63, 3.8) is 0 Å². The minimum atomic E-state index is -4.26. The lowest BCUT2D eigenvalue weighted by Gasteiger charge is -2.07. The van der Waals surface area contributed by atoms with Gasteiger partial charge in [-0.05, 0) is 19.1 Å². The summed E-state index contributed by atoms with van der Waals surface area (Å²) in [6.07, 6.45) is 0.